The molecule has 8 heteroatoms. The summed E-state index contributed by atoms with van der Waals surface area (Å²) in [7, 11) is -3.74. The quantitative estimate of drug-likeness (QED) is 0.663. The maximum atomic E-state index is 12.0. The zero-order valence-corrected chi connectivity index (χ0v) is 12.3. The Morgan fingerprint density at radius 2 is 2.16 bits per heavy atom. The number of sulfonamides is 1. The van der Waals surface area contributed by atoms with Crippen LogP contribution in [0.3, 0.4) is 0 Å². The van der Waals surface area contributed by atoms with Crippen molar-refractivity contribution in [1.29, 1.82) is 0 Å². The number of aliphatic hydroxyl groups excluding tert-OH is 1. The molecule has 0 amide bonds. The van der Waals surface area contributed by atoms with E-state index in [9.17, 15) is 13.5 Å². The summed E-state index contributed by atoms with van der Waals surface area (Å²) in [6.07, 6.45) is 1.50. The highest BCUT2D eigenvalue weighted by Crippen LogP contribution is 2.16. The molecule has 4 N–H and O–H groups in total. The lowest BCUT2D eigenvalue weighted by Crippen LogP contribution is -2.34. The minimum atomic E-state index is -3.74. The van der Waals surface area contributed by atoms with Gasteiger partial charge in [0.25, 0.3) is 0 Å². The number of nitrogens with one attached hydrogen (secondary N) is 1. The Hall–Kier alpha value is -1.12. The monoisotopic (exact) mass is 290 g/mol. The molecular formula is C11H22N4O3S. The number of rotatable bonds is 7. The van der Waals surface area contributed by atoms with E-state index in [0.717, 1.165) is 6.42 Å². The third-order valence-electron chi connectivity index (χ3n) is 2.75. The molecule has 0 saturated heterocycles. The Kier molecular flexibility index (Phi) is 5.33. The summed E-state index contributed by atoms with van der Waals surface area (Å²) in [6, 6.07) is 0. The van der Waals surface area contributed by atoms with Gasteiger partial charge in [0.1, 0.15) is 4.90 Å². The standard InChI is InChI=1S/C11H22N4O3S/c1-4-5-15-7-10(11(12)14-15)19(17,18)13-6-9(16)8(2)3/h7-9,13,16H,4-6H2,1-3H3,(H2,12,14). The van der Waals surface area contributed by atoms with E-state index in [-0.39, 0.29) is 23.2 Å². The molecule has 1 aromatic heterocycles. The van der Waals surface area contributed by atoms with Crippen molar-refractivity contribution in [2.24, 2.45) is 5.92 Å². The van der Waals surface area contributed by atoms with Crippen LogP contribution in [0.4, 0.5) is 5.82 Å². The third kappa shape index (κ3) is 4.19. The van der Waals surface area contributed by atoms with Gasteiger partial charge in [0.2, 0.25) is 10.0 Å². The van der Waals surface area contributed by atoms with Crippen molar-refractivity contribution in [3.63, 3.8) is 0 Å². The summed E-state index contributed by atoms with van der Waals surface area (Å²) in [5.74, 6) is -0.0529. The molecule has 0 radical (unpaired) electrons. The zero-order chi connectivity index (χ0) is 14.6. The minimum Gasteiger partial charge on any atom is -0.391 e. The van der Waals surface area contributed by atoms with Crippen LogP contribution in [0, 0.1) is 5.92 Å². The van der Waals surface area contributed by atoms with Gasteiger partial charge in [-0.2, -0.15) is 5.10 Å². The van der Waals surface area contributed by atoms with E-state index in [1.807, 2.05) is 20.8 Å². The molecule has 0 bridgehead atoms. The summed E-state index contributed by atoms with van der Waals surface area (Å²) < 4.78 is 27.9. The first-order valence-corrected chi connectivity index (χ1v) is 7.77. The molecule has 110 valence electrons. The van der Waals surface area contributed by atoms with Gasteiger partial charge >= 0.3 is 0 Å². The van der Waals surface area contributed by atoms with Crippen LogP contribution < -0.4 is 10.5 Å². The number of aryl methyl sites for hydroxylation is 1. The molecular weight excluding hydrogens is 268 g/mol. The lowest BCUT2D eigenvalue weighted by Gasteiger charge is -2.14. The van der Waals surface area contributed by atoms with Crippen LogP contribution in [0.2, 0.25) is 0 Å². The van der Waals surface area contributed by atoms with Crippen LogP contribution in [0.5, 0.6) is 0 Å². The van der Waals surface area contributed by atoms with E-state index in [1.54, 1.807) is 0 Å². The second-order valence-electron chi connectivity index (χ2n) is 4.80. The molecule has 0 aliphatic heterocycles. The molecule has 1 unspecified atom stereocenters. The molecule has 0 aliphatic carbocycles. The van der Waals surface area contributed by atoms with Crippen LogP contribution in [0.25, 0.3) is 0 Å². The Bertz CT molecular complexity index is 510. The first-order chi connectivity index (χ1) is 8.77. The topological polar surface area (TPSA) is 110 Å². The lowest BCUT2D eigenvalue weighted by molar-refractivity contribution is 0.129. The van der Waals surface area contributed by atoms with Gasteiger partial charge in [0, 0.05) is 19.3 Å². The van der Waals surface area contributed by atoms with Gasteiger partial charge in [0.15, 0.2) is 5.82 Å². The fourth-order valence-electron chi connectivity index (χ4n) is 1.48. The summed E-state index contributed by atoms with van der Waals surface area (Å²) in [5, 5.41) is 13.6. The number of anilines is 1. The van der Waals surface area contributed by atoms with Gasteiger partial charge < -0.3 is 10.8 Å². The van der Waals surface area contributed by atoms with E-state index >= 15 is 0 Å². The largest absolute Gasteiger partial charge is 0.391 e. The molecule has 0 fully saturated rings. The Morgan fingerprint density at radius 1 is 1.53 bits per heavy atom. The van der Waals surface area contributed by atoms with Gasteiger partial charge in [0.05, 0.1) is 6.10 Å². The predicted molar refractivity (Wildman–Crippen MR) is 73.0 cm³/mol. The summed E-state index contributed by atoms with van der Waals surface area (Å²) in [6.45, 7) is 6.15. The van der Waals surface area contributed by atoms with Crippen molar-refractivity contribution in [2.75, 3.05) is 12.3 Å². The van der Waals surface area contributed by atoms with Crippen LogP contribution in [-0.4, -0.2) is 36.0 Å². The molecule has 0 aliphatic rings. The van der Waals surface area contributed by atoms with E-state index in [4.69, 9.17) is 5.73 Å². The highest BCUT2D eigenvalue weighted by molar-refractivity contribution is 7.89. The molecule has 19 heavy (non-hydrogen) atoms. The Morgan fingerprint density at radius 3 is 2.68 bits per heavy atom. The molecule has 0 saturated carbocycles. The first kappa shape index (κ1) is 15.9. The van der Waals surface area contributed by atoms with Crippen molar-refractivity contribution in [3.8, 4) is 0 Å². The van der Waals surface area contributed by atoms with Crippen molar-refractivity contribution < 1.29 is 13.5 Å². The number of hydrogen-bond acceptors (Lipinski definition) is 5. The van der Waals surface area contributed by atoms with Crippen molar-refractivity contribution >= 4 is 15.8 Å². The maximum absolute atomic E-state index is 12.0. The van der Waals surface area contributed by atoms with Gasteiger partial charge in [-0.25, -0.2) is 13.1 Å². The Labute approximate surface area is 113 Å². The van der Waals surface area contributed by atoms with Crippen LogP contribution in [-0.2, 0) is 16.6 Å². The molecule has 1 atom stereocenters. The van der Waals surface area contributed by atoms with E-state index in [1.165, 1.54) is 10.9 Å². The van der Waals surface area contributed by atoms with E-state index in [0.29, 0.717) is 6.54 Å². The van der Waals surface area contributed by atoms with Crippen molar-refractivity contribution in [2.45, 2.75) is 44.7 Å². The van der Waals surface area contributed by atoms with Crippen LogP contribution >= 0.6 is 0 Å². The molecule has 1 aromatic rings. The maximum Gasteiger partial charge on any atom is 0.245 e. The third-order valence-corrected chi connectivity index (χ3v) is 4.19. The average molecular weight is 290 g/mol. The molecule has 1 heterocycles. The molecule has 0 spiro atoms. The Balaban J connectivity index is 2.82. The summed E-state index contributed by atoms with van der Waals surface area (Å²) in [5.41, 5.74) is 5.61. The van der Waals surface area contributed by atoms with Gasteiger partial charge in [-0.1, -0.05) is 20.8 Å². The van der Waals surface area contributed by atoms with Gasteiger partial charge in [-0.3, -0.25) is 4.68 Å². The van der Waals surface area contributed by atoms with Crippen molar-refractivity contribution in [3.05, 3.63) is 6.20 Å². The smallest absolute Gasteiger partial charge is 0.245 e. The van der Waals surface area contributed by atoms with Crippen LogP contribution in [0.1, 0.15) is 27.2 Å². The number of hydrogen-bond donors (Lipinski definition) is 3. The number of nitrogens with zero attached hydrogens (tertiary/aromatic N) is 2. The average Bonchev–Trinajstić information content (AvgIpc) is 2.68. The predicted octanol–water partition coefficient (Wildman–Crippen LogP) is 0.171. The SMILES string of the molecule is CCCn1cc(S(=O)(=O)NCC(O)C(C)C)c(N)n1. The normalized spacial score (nSPS) is 13.9. The van der Waals surface area contributed by atoms with Gasteiger partial charge in [-0.15, -0.1) is 0 Å². The highest BCUT2D eigenvalue weighted by atomic mass is 32.2. The molecule has 7 nitrogen and oxygen atoms in total. The van der Waals surface area contributed by atoms with Gasteiger partial charge in [-0.05, 0) is 12.3 Å². The highest BCUT2D eigenvalue weighted by Gasteiger charge is 2.22. The second-order valence-corrected chi connectivity index (χ2v) is 6.54. The number of nitrogen functional groups attached to an aromatic ring is 1. The van der Waals surface area contributed by atoms with E-state index in [2.05, 4.69) is 9.82 Å². The second kappa shape index (κ2) is 6.36. The molecule has 0 aromatic carbocycles. The summed E-state index contributed by atoms with van der Waals surface area (Å²) >= 11 is 0. The number of aliphatic hydroxyl groups is 1. The summed E-state index contributed by atoms with van der Waals surface area (Å²) in [4.78, 5) is -0.0445. The fourth-order valence-corrected chi connectivity index (χ4v) is 2.60. The lowest BCUT2D eigenvalue weighted by atomic mass is 10.1. The van der Waals surface area contributed by atoms with Crippen LogP contribution in [0.15, 0.2) is 11.1 Å². The fraction of sp³-hybridized carbons (Fsp3) is 0.727. The number of nitrogens with two attached hydrogens (primary N) is 1. The van der Waals surface area contributed by atoms with E-state index < -0.39 is 16.1 Å². The number of aromatic nitrogens is 2. The first-order valence-electron chi connectivity index (χ1n) is 6.28. The molecule has 1 rings (SSSR count). The minimum absolute atomic E-state index is 0.0251. The zero-order valence-electron chi connectivity index (χ0n) is 11.5. The van der Waals surface area contributed by atoms with Crippen molar-refractivity contribution in [1.82, 2.24) is 14.5 Å².